The van der Waals surface area contributed by atoms with E-state index in [0.717, 1.165) is 27.2 Å². The summed E-state index contributed by atoms with van der Waals surface area (Å²) >= 11 is 3.45. The fourth-order valence-electron chi connectivity index (χ4n) is 3.35. The van der Waals surface area contributed by atoms with Crippen LogP contribution >= 0.6 is 15.9 Å². The minimum atomic E-state index is -0.148. The van der Waals surface area contributed by atoms with Crippen molar-refractivity contribution in [3.8, 4) is 5.69 Å². The van der Waals surface area contributed by atoms with Gasteiger partial charge in [-0.05, 0) is 53.0 Å². The van der Waals surface area contributed by atoms with E-state index >= 15 is 0 Å². The molecule has 0 fully saturated rings. The number of halogens is 1. The van der Waals surface area contributed by atoms with Crippen molar-refractivity contribution in [3.63, 3.8) is 0 Å². The normalized spacial score (nSPS) is 11.3. The second-order valence-corrected chi connectivity index (χ2v) is 8.29. The van der Waals surface area contributed by atoms with Crippen LogP contribution in [0.5, 0.6) is 0 Å². The number of amides is 1. The van der Waals surface area contributed by atoms with Crippen LogP contribution in [0.25, 0.3) is 11.3 Å². The van der Waals surface area contributed by atoms with Gasteiger partial charge in [-0.15, -0.1) is 0 Å². The summed E-state index contributed by atoms with van der Waals surface area (Å²) in [5.41, 5.74) is 5.26. The number of carbonyl (C=O) groups excluding carboxylic acids is 1. The minimum Gasteiger partial charge on any atom is -0.346 e. The van der Waals surface area contributed by atoms with Gasteiger partial charge in [-0.2, -0.15) is 5.10 Å². The van der Waals surface area contributed by atoms with Gasteiger partial charge in [0.25, 0.3) is 5.91 Å². The number of benzene rings is 1. The van der Waals surface area contributed by atoms with Gasteiger partial charge >= 0.3 is 0 Å². The molecule has 29 heavy (non-hydrogen) atoms. The van der Waals surface area contributed by atoms with E-state index in [2.05, 4.69) is 45.2 Å². The number of pyridine rings is 1. The second-order valence-electron chi connectivity index (χ2n) is 7.37. The molecule has 0 saturated carbocycles. The maximum absolute atomic E-state index is 12.9. The van der Waals surface area contributed by atoms with Gasteiger partial charge in [0, 0.05) is 16.9 Å². The highest BCUT2D eigenvalue weighted by atomic mass is 79.9. The first-order valence-electron chi connectivity index (χ1n) is 9.48. The number of fused-ring (bicyclic) bond motifs is 1. The summed E-state index contributed by atoms with van der Waals surface area (Å²) in [6, 6.07) is 12.0. The van der Waals surface area contributed by atoms with Crippen LogP contribution in [0.1, 0.15) is 47.1 Å². The number of nitrogens with one attached hydrogen (secondary N) is 1. The first-order chi connectivity index (χ1) is 13.9. The molecule has 0 spiro atoms. The third kappa shape index (κ3) is 3.96. The third-order valence-electron chi connectivity index (χ3n) is 4.77. The fourth-order valence-corrected chi connectivity index (χ4v) is 3.70. The first kappa shape index (κ1) is 19.4. The van der Waals surface area contributed by atoms with Crippen molar-refractivity contribution in [2.75, 3.05) is 0 Å². The monoisotopic (exact) mass is 451 g/mol. The maximum Gasteiger partial charge on any atom is 0.255 e. The summed E-state index contributed by atoms with van der Waals surface area (Å²) in [5, 5.41) is 7.47. The van der Waals surface area contributed by atoms with Crippen molar-refractivity contribution >= 4 is 27.5 Å². The molecule has 4 rings (SSSR count). The van der Waals surface area contributed by atoms with Gasteiger partial charge in [0.05, 0.1) is 35.4 Å². The van der Waals surface area contributed by atoms with Crippen LogP contribution in [0.3, 0.4) is 0 Å². The van der Waals surface area contributed by atoms with E-state index in [4.69, 9.17) is 0 Å². The van der Waals surface area contributed by atoms with E-state index in [1.54, 1.807) is 6.20 Å². The molecule has 148 valence electrons. The molecule has 0 unspecified atom stereocenters. The van der Waals surface area contributed by atoms with Crippen LogP contribution in [0, 0.1) is 6.92 Å². The van der Waals surface area contributed by atoms with E-state index in [1.807, 2.05) is 64.8 Å². The number of hydrogen-bond acceptors (Lipinski definition) is 3. The summed E-state index contributed by atoms with van der Waals surface area (Å²) in [6.07, 6.45) is 5.50. The number of aromatic nitrogens is 4. The Bertz CT molecular complexity index is 1170. The molecule has 1 aromatic carbocycles. The van der Waals surface area contributed by atoms with E-state index in [0.29, 0.717) is 12.1 Å². The number of aryl methyl sites for hydroxylation is 1. The molecule has 0 aliphatic heterocycles. The molecule has 0 radical (unpaired) electrons. The molecule has 4 aromatic rings. The number of rotatable bonds is 5. The lowest BCUT2D eigenvalue weighted by Crippen LogP contribution is -2.24. The van der Waals surface area contributed by atoms with Crippen LogP contribution in [0.2, 0.25) is 0 Å². The topological polar surface area (TPSA) is 64.2 Å². The van der Waals surface area contributed by atoms with Crippen molar-refractivity contribution in [2.45, 2.75) is 33.2 Å². The Morgan fingerprint density at radius 3 is 2.62 bits per heavy atom. The fraction of sp³-hybridized carbons (Fsp3) is 0.227. The van der Waals surface area contributed by atoms with Crippen molar-refractivity contribution in [2.24, 2.45) is 0 Å². The highest BCUT2D eigenvalue weighted by molar-refractivity contribution is 9.10. The van der Waals surface area contributed by atoms with E-state index in [1.165, 1.54) is 5.56 Å². The quantitative estimate of drug-likeness (QED) is 0.480. The smallest absolute Gasteiger partial charge is 0.255 e. The maximum atomic E-state index is 12.9. The predicted molar refractivity (Wildman–Crippen MR) is 116 cm³/mol. The van der Waals surface area contributed by atoms with E-state index < -0.39 is 0 Å². The highest BCUT2D eigenvalue weighted by Gasteiger charge is 2.21. The van der Waals surface area contributed by atoms with Crippen LogP contribution in [0.4, 0.5) is 0 Å². The molecule has 3 aromatic heterocycles. The van der Waals surface area contributed by atoms with Crippen molar-refractivity contribution in [3.05, 3.63) is 82.0 Å². The number of carbonyl (C=O) groups is 1. The summed E-state index contributed by atoms with van der Waals surface area (Å²) in [4.78, 5) is 17.4. The summed E-state index contributed by atoms with van der Waals surface area (Å²) < 4.78 is 4.75. The zero-order valence-corrected chi connectivity index (χ0v) is 18.1. The van der Waals surface area contributed by atoms with Crippen LogP contribution in [-0.2, 0) is 6.54 Å². The molecule has 1 amide bonds. The van der Waals surface area contributed by atoms with Gasteiger partial charge in [-0.25, -0.2) is 9.67 Å². The number of imidazole rings is 1. The Kier molecular flexibility index (Phi) is 5.24. The van der Waals surface area contributed by atoms with Crippen LogP contribution in [-0.4, -0.2) is 25.1 Å². The van der Waals surface area contributed by atoms with Gasteiger partial charge in [0.2, 0.25) is 0 Å². The van der Waals surface area contributed by atoms with Gasteiger partial charge < -0.3 is 9.72 Å². The molecular formula is C22H22BrN5O. The average molecular weight is 452 g/mol. The Balaban J connectivity index is 1.57. The first-order valence-corrected chi connectivity index (χ1v) is 10.3. The Morgan fingerprint density at radius 2 is 1.90 bits per heavy atom. The Morgan fingerprint density at radius 1 is 1.14 bits per heavy atom. The second kappa shape index (κ2) is 7.83. The van der Waals surface area contributed by atoms with Gasteiger partial charge in [0.15, 0.2) is 0 Å². The number of nitrogens with zero attached hydrogens (tertiary/aromatic N) is 4. The molecule has 0 saturated heterocycles. The lowest BCUT2D eigenvalue weighted by molar-refractivity contribution is 0.0949. The zero-order valence-electron chi connectivity index (χ0n) is 16.6. The molecule has 0 atom stereocenters. The molecule has 0 aliphatic carbocycles. The largest absolute Gasteiger partial charge is 0.346 e. The summed E-state index contributed by atoms with van der Waals surface area (Å²) in [7, 11) is 0. The summed E-state index contributed by atoms with van der Waals surface area (Å²) in [6.45, 7) is 6.54. The lowest BCUT2D eigenvalue weighted by atomic mass is 10.0. The predicted octanol–water partition coefficient (Wildman–Crippen LogP) is 4.64. The minimum absolute atomic E-state index is 0.145. The van der Waals surface area contributed by atoms with Crippen molar-refractivity contribution in [1.82, 2.24) is 24.5 Å². The molecule has 1 N–H and O–H groups in total. The standard InChI is InChI=1S/C22H22BrN5O/c1-14(2)21-19(11-25-28(21)18-7-4-15(3)5-8-18)22(29)24-10-17-13-27-12-16(23)6-9-20(27)26-17/h4-9,11-14H,10H2,1-3H3,(H,24,29). The number of hydrogen-bond donors (Lipinski definition) is 1. The van der Waals surface area contributed by atoms with Crippen molar-refractivity contribution < 1.29 is 4.79 Å². The zero-order chi connectivity index (χ0) is 20.5. The average Bonchev–Trinajstić information content (AvgIpc) is 3.30. The SMILES string of the molecule is Cc1ccc(-n2ncc(C(=O)NCc3cn4cc(Br)ccc4n3)c2C(C)C)cc1. The molecule has 0 aliphatic rings. The van der Waals surface area contributed by atoms with Crippen molar-refractivity contribution in [1.29, 1.82) is 0 Å². The van der Waals surface area contributed by atoms with Crippen LogP contribution < -0.4 is 5.32 Å². The van der Waals surface area contributed by atoms with Gasteiger partial charge in [-0.3, -0.25) is 4.79 Å². The molecule has 0 bridgehead atoms. The van der Waals surface area contributed by atoms with Gasteiger partial charge in [-0.1, -0.05) is 31.5 Å². The molecule has 6 nitrogen and oxygen atoms in total. The summed E-state index contributed by atoms with van der Waals surface area (Å²) in [5.74, 6) is -0.00241. The Labute approximate surface area is 177 Å². The van der Waals surface area contributed by atoms with E-state index in [-0.39, 0.29) is 11.8 Å². The molecular weight excluding hydrogens is 430 g/mol. The molecule has 7 heteroatoms. The van der Waals surface area contributed by atoms with E-state index in [9.17, 15) is 4.79 Å². The van der Waals surface area contributed by atoms with Crippen LogP contribution in [0.15, 0.2) is 59.5 Å². The third-order valence-corrected chi connectivity index (χ3v) is 5.24. The Hall–Kier alpha value is -2.93. The highest BCUT2D eigenvalue weighted by Crippen LogP contribution is 2.23. The van der Waals surface area contributed by atoms with Gasteiger partial charge in [0.1, 0.15) is 5.65 Å². The lowest BCUT2D eigenvalue weighted by Gasteiger charge is -2.13. The molecule has 3 heterocycles.